The number of hydrogen-bond donors (Lipinski definition) is 0. The predicted octanol–water partition coefficient (Wildman–Crippen LogP) is 6.37. The van der Waals surface area contributed by atoms with Crippen molar-refractivity contribution in [2.45, 2.75) is 67.0 Å². The van der Waals surface area contributed by atoms with Gasteiger partial charge in [0.25, 0.3) is 0 Å². The minimum Gasteiger partial charge on any atom is -0.399 e. The Balaban J connectivity index is 1.78. The van der Waals surface area contributed by atoms with Crippen LogP contribution in [0, 0.1) is 11.3 Å². The van der Waals surface area contributed by atoms with Gasteiger partial charge in [0.2, 0.25) is 5.78 Å². The molecule has 1 aliphatic rings. The second kappa shape index (κ2) is 11.2. The van der Waals surface area contributed by atoms with Crippen molar-refractivity contribution in [2.75, 3.05) is 33.4 Å². The van der Waals surface area contributed by atoms with Gasteiger partial charge in [-0.2, -0.15) is 0 Å². The standard InChI is InChI=1S/C32H43N3O4/c1-9-35-26-12-10-22(29(36)28(33-38-8)21(2)20-31(3,4)5)18-24(26)25-19-23(11-13-27(25)35)30(37)32(6,7)34-14-16-39-17-15-34/h10-13,18-19,21H,9,14-17,20H2,1-8H3/b33-28+. The molecule has 0 bridgehead atoms. The topological polar surface area (TPSA) is 73.1 Å². The molecule has 210 valence electrons. The molecule has 2 aromatic carbocycles. The smallest absolute Gasteiger partial charge is 0.210 e. The van der Waals surface area contributed by atoms with Crippen LogP contribution in [0.15, 0.2) is 41.6 Å². The summed E-state index contributed by atoms with van der Waals surface area (Å²) in [5, 5.41) is 6.09. The first-order chi connectivity index (χ1) is 18.4. The van der Waals surface area contributed by atoms with Gasteiger partial charge in [-0.25, -0.2) is 0 Å². The van der Waals surface area contributed by atoms with Crippen LogP contribution in [0.25, 0.3) is 21.8 Å². The number of morpholine rings is 1. The largest absolute Gasteiger partial charge is 0.399 e. The van der Waals surface area contributed by atoms with Gasteiger partial charge in [-0.05, 0) is 69.0 Å². The zero-order valence-corrected chi connectivity index (χ0v) is 24.8. The van der Waals surface area contributed by atoms with E-state index in [9.17, 15) is 9.59 Å². The van der Waals surface area contributed by atoms with Gasteiger partial charge in [0.15, 0.2) is 5.78 Å². The Morgan fingerprint density at radius 1 is 0.974 bits per heavy atom. The maximum absolute atomic E-state index is 13.8. The molecule has 1 unspecified atom stereocenters. The molecule has 2 heterocycles. The Hall–Kier alpha value is -3.03. The van der Waals surface area contributed by atoms with Crippen LogP contribution in [0.1, 0.15) is 75.6 Å². The van der Waals surface area contributed by atoms with E-state index >= 15 is 0 Å². The third kappa shape index (κ3) is 5.80. The first kappa shape index (κ1) is 29.0. The fraction of sp³-hybridized carbons (Fsp3) is 0.531. The van der Waals surface area contributed by atoms with Crippen molar-refractivity contribution in [3.8, 4) is 0 Å². The fourth-order valence-corrected chi connectivity index (χ4v) is 5.96. The molecule has 1 atom stereocenters. The summed E-state index contributed by atoms with van der Waals surface area (Å²) in [7, 11) is 1.48. The van der Waals surface area contributed by atoms with Gasteiger partial charge >= 0.3 is 0 Å². The fourth-order valence-electron chi connectivity index (χ4n) is 5.96. The molecule has 1 fully saturated rings. The van der Waals surface area contributed by atoms with E-state index in [1.54, 1.807) is 0 Å². The number of Topliss-reactive ketones (excluding diaryl/α,β-unsaturated/α-hetero) is 2. The third-order valence-electron chi connectivity index (χ3n) is 7.87. The summed E-state index contributed by atoms with van der Waals surface area (Å²) in [5.74, 6) is -0.105. The Bertz CT molecular complexity index is 1400. The molecular weight excluding hydrogens is 490 g/mol. The molecule has 3 aromatic rings. The average molecular weight is 534 g/mol. The van der Waals surface area contributed by atoms with E-state index in [4.69, 9.17) is 9.57 Å². The summed E-state index contributed by atoms with van der Waals surface area (Å²) in [6, 6.07) is 11.8. The number of hydrogen-bond acceptors (Lipinski definition) is 6. The van der Waals surface area contributed by atoms with Crippen molar-refractivity contribution < 1.29 is 19.2 Å². The van der Waals surface area contributed by atoms with Gasteiger partial charge in [0, 0.05) is 58.5 Å². The van der Waals surface area contributed by atoms with E-state index in [0.717, 1.165) is 47.9 Å². The summed E-state index contributed by atoms with van der Waals surface area (Å²) in [4.78, 5) is 34.8. The van der Waals surface area contributed by atoms with Crippen LogP contribution in [0.4, 0.5) is 0 Å². The highest BCUT2D eigenvalue weighted by Crippen LogP contribution is 2.33. The molecule has 0 radical (unpaired) electrons. The van der Waals surface area contributed by atoms with Crippen LogP contribution >= 0.6 is 0 Å². The molecule has 1 aromatic heterocycles. The second-order valence-corrected chi connectivity index (χ2v) is 12.3. The molecule has 0 N–H and O–H groups in total. The van der Waals surface area contributed by atoms with Crippen LogP contribution in [-0.4, -0.2) is 65.7 Å². The van der Waals surface area contributed by atoms with Crippen molar-refractivity contribution in [1.82, 2.24) is 9.47 Å². The lowest BCUT2D eigenvalue weighted by atomic mass is 9.82. The van der Waals surface area contributed by atoms with Gasteiger partial charge < -0.3 is 14.1 Å². The molecule has 7 heteroatoms. The molecule has 0 spiro atoms. The molecule has 0 amide bonds. The molecule has 7 nitrogen and oxygen atoms in total. The van der Waals surface area contributed by atoms with Crippen LogP contribution in [0.2, 0.25) is 0 Å². The van der Waals surface area contributed by atoms with Crippen LogP contribution in [0.3, 0.4) is 0 Å². The van der Waals surface area contributed by atoms with Gasteiger partial charge in [0.05, 0.1) is 18.8 Å². The molecule has 1 aliphatic heterocycles. The zero-order valence-electron chi connectivity index (χ0n) is 24.8. The number of nitrogens with zero attached hydrogens (tertiary/aromatic N) is 3. The Kier molecular flexibility index (Phi) is 8.33. The van der Waals surface area contributed by atoms with E-state index < -0.39 is 5.54 Å². The predicted molar refractivity (Wildman–Crippen MR) is 158 cm³/mol. The normalized spacial score (nSPS) is 16.6. The number of ketones is 2. The molecule has 39 heavy (non-hydrogen) atoms. The maximum Gasteiger partial charge on any atom is 0.210 e. The number of rotatable bonds is 9. The van der Waals surface area contributed by atoms with Crippen molar-refractivity contribution in [3.05, 3.63) is 47.5 Å². The number of benzene rings is 2. The number of carbonyl (C=O) groups excluding carboxylic acids is 2. The number of aromatic nitrogens is 1. The van der Waals surface area contributed by atoms with Crippen LogP contribution in [0.5, 0.6) is 0 Å². The first-order valence-corrected chi connectivity index (χ1v) is 14.0. The van der Waals surface area contributed by atoms with Gasteiger partial charge in [0.1, 0.15) is 12.8 Å². The van der Waals surface area contributed by atoms with E-state index in [2.05, 4.69) is 42.3 Å². The highest BCUT2D eigenvalue weighted by Gasteiger charge is 2.36. The number of aryl methyl sites for hydroxylation is 1. The second-order valence-electron chi connectivity index (χ2n) is 12.3. The van der Waals surface area contributed by atoms with Gasteiger partial charge in [-0.1, -0.05) is 32.9 Å². The Morgan fingerprint density at radius 3 is 2.08 bits per heavy atom. The minimum absolute atomic E-state index is 0.0463. The van der Waals surface area contributed by atoms with Crippen molar-refractivity contribution in [1.29, 1.82) is 0 Å². The Morgan fingerprint density at radius 2 is 1.54 bits per heavy atom. The summed E-state index contributed by atoms with van der Waals surface area (Å²) in [6.07, 6.45) is 0.808. The third-order valence-corrected chi connectivity index (χ3v) is 7.87. The SMILES string of the molecule is CCn1c2ccc(C(=O)/C(=N/OC)C(C)CC(C)(C)C)cc2c2cc(C(=O)C(C)(C)N3CCOCC3)ccc21. The highest BCUT2D eigenvalue weighted by atomic mass is 16.6. The van der Waals surface area contributed by atoms with E-state index in [0.29, 0.717) is 30.1 Å². The van der Waals surface area contributed by atoms with Crippen LogP contribution in [-0.2, 0) is 16.1 Å². The van der Waals surface area contributed by atoms with Gasteiger partial charge in [-0.3, -0.25) is 14.5 Å². The van der Waals surface area contributed by atoms with Gasteiger partial charge in [-0.15, -0.1) is 0 Å². The van der Waals surface area contributed by atoms with E-state index in [1.165, 1.54) is 7.11 Å². The van der Waals surface area contributed by atoms with Crippen molar-refractivity contribution in [2.24, 2.45) is 16.5 Å². The van der Waals surface area contributed by atoms with E-state index in [-0.39, 0.29) is 22.9 Å². The quantitative estimate of drug-likeness (QED) is 0.182. The highest BCUT2D eigenvalue weighted by molar-refractivity contribution is 6.46. The summed E-state index contributed by atoms with van der Waals surface area (Å²) < 4.78 is 7.73. The lowest BCUT2D eigenvalue weighted by Gasteiger charge is -2.39. The lowest BCUT2D eigenvalue weighted by Crippen LogP contribution is -2.54. The van der Waals surface area contributed by atoms with Crippen LogP contribution < -0.4 is 0 Å². The first-order valence-electron chi connectivity index (χ1n) is 14.0. The summed E-state index contributed by atoms with van der Waals surface area (Å²) in [5.41, 5.74) is 3.15. The number of carbonyl (C=O) groups is 2. The van der Waals surface area contributed by atoms with E-state index in [1.807, 2.05) is 57.2 Å². The van der Waals surface area contributed by atoms with Crippen molar-refractivity contribution in [3.63, 3.8) is 0 Å². The molecule has 4 rings (SSSR count). The zero-order chi connectivity index (χ0) is 28.5. The summed E-state index contributed by atoms with van der Waals surface area (Å²) in [6.45, 7) is 18.1. The monoisotopic (exact) mass is 533 g/mol. The maximum atomic E-state index is 13.8. The molecule has 0 aliphatic carbocycles. The average Bonchev–Trinajstić information content (AvgIpc) is 3.22. The molecule has 1 saturated heterocycles. The number of oxime groups is 1. The molecule has 0 saturated carbocycles. The minimum atomic E-state index is -0.642. The van der Waals surface area contributed by atoms with Crippen molar-refractivity contribution >= 4 is 39.1 Å². The lowest BCUT2D eigenvalue weighted by molar-refractivity contribution is -0.00429. The number of ether oxygens (including phenoxy) is 1. The summed E-state index contributed by atoms with van der Waals surface area (Å²) >= 11 is 0. The number of fused-ring (bicyclic) bond motifs is 3. The molecular formula is C32H43N3O4. The Labute approximate surface area is 232 Å².